The van der Waals surface area contributed by atoms with E-state index in [9.17, 15) is 28.8 Å². The van der Waals surface area contributed by atoms with Gasteiger partial charge in [0.1, 0.15) is 0 Å². The molecule has 18 N–H and O–H groups in total. The van der Waals surface area contributed by atoms with E-state index in [0.29, 0.717) is 75.2 Å². The molecule has 3 heterocycles. The Labute approximate surface area is 512 Å². The predicted octanol–water partition coefficient (Wildman–Crippen LogP) is 8.97. The highest BCUT2D eigenvalue weighted by atomic mass is 16.2. The summed E-state index contributed by atoms with van der Waals surface area (Å²) in [6.07, 6.45) is 8.58. The van der Waals surface area contributed by atoms with Crippen molar-refractivity contribution in [1.29, 1.82) is 0 Å². The van der Waals surface area contributed by atoms with Crippen LogP contribution < -0.4 is 50.4 Å². The monoisotopic (exact) mass is 1190 g/mol. The van der Waals surface area contributed by atoms with Gasteiger partial charge in [-0.15, -0.1) is 0 Å². The Morgan fingerprint density at radius 1 is 0.386 bits per heavy atom. The van der Waals surface area contributed by atoms with Crippen LogP contribution in [0.3, 0.4) is 0 Å². The number of Topliss-reactive ketones (excluding diaryl/α,β-unsaturated/α-hetero) is 3. The van der Waals surface area contributed by atoms with Crippen molar-refractivity contribution >= 4 is 84.8 Å². The van der Waals surface area contributed by atoms with Crippen molar-refractivity contribution in [3.8, 4) is 0 Å². The van der Waals surface area contributed by atoms with Crippen molar-refractivity contribution in [3.05, 3.63) is 196 Å². The Hall–Kier alpha value is -8.88. The standard InChI is InChI=1S/C70H82N12O6/c1-43-13-10-16-55-61(43)49(40-77-55)37-58(83)68(74,31-4-7-34-71)65(86)80-52-25-19-46(20-26-52)64(47-21-27-53(28-22-47)81-66(87)69(75,32-5-8-35-72)59(84)38-50-41-78-56-17-11-14-44(2)62(50)56)48-23-29-54(30-24-48)82-67(88)70(76,33-6-9-36-73)60(85)39-51-42-79-57-18-12-15-45(3)63(51)57/h10-30,40-42,64,77-79H,4-9,31-39,71-76H2,1-3H3,(H,80,86)(H,81,87)(H,82,88)/t68-,69-,70-/m0/s1. The molecule has 9 aromatic rings. The van der Waals surface area contributed by atoms with Gasteiger partial charge < -0.3 is 65.3 Å². The largest absolute Gasteiger partial charge is 0.361 e. The van der Waals surface area contributed by atoms with Crippen LogP contribution in [0.5, 0.6) is 0 Å². The molecule has 0 unspecified atom stereocenters. The molecule has 0 fully saturated rings. The molecule has 3 aromatic heterocycles. The maximum Gasteiger partial charge on any atom is 0.252 e. The van der Waals surface area contributed by atoms with Gasteiger partial charge in [-0.1, -0.05) is 72.8 Å². The van der Waals surface area contributed by atoms with Crippen LogP contribution in [0.15, 0.2) is 146 Å². The molecule has 88 heavy (non-hydrogen) atoms. The van der Waals surface area contributed by atoms with Crippen LogP contribution in [-0.2, 0) is 48.0 Å². The normalized spacial score (nSPS) is 13.7. The first kappa shape index (κ1) is 63.6. The fraction of sp³-hybridized carbons (Fsp3) is 0.314. The molecule has 0 spiro atoms. The van der Waals surface area contributed by atoms with Gasteiger partial charge in [0.15, 0.2) is 34.0 Å². The van der Waals surface area contributed by atoms with Crippen molar-refractivity contribution in [2.24, 2.45) is 34.4 Å². The van der Waals surface area contributed by atoms with Gasteiger partial charge in [0.2, 0.25) is 0 Å². The molecule has 0 saturated heterocycles. The maximum absolute atomic E-state index is 14.4. The first-order valence-corrected chi connectivity index (χ1v) is 30.3. The summed E-state index contributed by atoms with van der Waals surface area (Å²) < 4.78 is 0. The highest BCUT2D eigenvalue weighted by Gasteiger charge is 2.44. The lowest BCUT2D eigenvalue weighted by Crippen LogP contribution is -2.58. The number of amides is 3. The van der Waals surface area contributed by atoms with Gasteiger partial charge >= 0.3 is 0 Å². The predicted molar refractivity (Wildman–Crippen MR) is 351 cm³/mol. The van der Waals surface area contributed by atoms with Gasteiger partial charge in [-0.2, -0.15) is 0 Å². The van der Waals surface area contributed by atoms with Crippen LogP contribution in [0, 0.1) is 20.8 Å². The zero-order valence-electron chi connectivity index (χ0n) is 50.5. The molecule has 0 bridgehead atoms. The van der Waals surface area contributed by atoms with E-state index in [1.54, 1.807) is 55.0 Å². The van der Waals surface area contributed by atoms with Crippen molar-refractivity contribution in [2.75, 3.05) is 35.6 Å². The summed E-state index contributed by atoms with van der Waals surface area (Å²) in [5, 5.41) is 11.6. The number of hydrogen-bond acceptors (Lipinski definition) is 12. The zero-order valence-corrected chi connectivity index (χ0v) is 50.5. The summed E-state index contributed by atoms with van der Waals surface area (Å²) >= 11 is 0. The quantitative estimate of drug-likeness (QED) is 0.0114. The Morgan fingerprint density at radius 3 is 0.898 bits per heavy atom. The van der Waals surface area contributed by atoms with E-state index in [4.69, 9.17) is 34.4 Å². The van der Waals surface area contributed by atoms with E-state index in [1.165, 1.54) is 0 Å². The third kappa shape index (κ3) is 13.8. The lowest BCUT2D eigenvalue weighted by Gasteiger charge is -2.28. The Bertz CT molecular complexity index is 3570. The SMILES string of the molecule is Cc1cccc2[nH]cc(CC(=O)[C@@](N)(CCCCN)C(=O)Nc3ccc(C(c4ccc(NC(=O)[C@](N)(CCCCN)C(=O)Cc5c[nH]c6cccc(C)c56)cc4)c4ccc(NC(=O)[C@](N)(CCCCN)C(=O)Cc5c[nH]c6cccc(C)c56)cc4)cc3)c12. The molecule has 9 rings (SSSR count). The molecule has 0 radical (unpaired) electrons. The maximum atomic E-state index is 14.4. The van der Waals surface area contributed by atoms with Crippen molar-refractivity contribution in [1.82, 2.24) is 15.0 Å². The van der Waals surface area contributed by atoms with E-state index in [2.05, 4.69) is 30.9 Å². The molecule has 0 saturated carbocycles. The minimum absolute atomic E-state index is 0.0555. The topological polar surface area (TPSA) is 342 Å². The Balaban J connectivity index is 0.993. The highest BCUT2D eigenvalue weighted by Crippen LogP contribution is 2.36. The number of ketones is 3. The Kier molecular flexibility index (Phi) is 20.1. The molecule has 0 aliphatic rings. The van der Waals surface area contributed by atoms with Crippen LogP contribution in [0.25, 0.3) is 32.7 Å². The molecule has 6 aromatic carbocycles. The second kappa shape index (κ2) is 27.9. The van der Waals surface area contributed by atoms with Gasteiger partial charge in [-0.3, -0.25) is 28.8 Å². The van der Waals surface area contributed by atoms with Gasteiger partial charge in [-0.05, 0) is 203 Å². The van der Waals surface area contributed by atoms with Crippen molar-refractivity contribution in [3.63, 3.8) is 0 Å². The molecule has 3 atom stereocenters. The number of hydrogen-bond donors (Lipinski definition) is 12. The summed E-state index contributed by atoms with van der Waals surface area (Å²) in [5.41, 5.74) is 44.1. The first-order valence-electron chi connectivity index (χ1n) is 30.3. The van der Waals surface area contributed by atoms with Crippen LogP contribution in [0.1, 0.15) is 114 Å². The molecule has 458 valence electrons. The van der Waals surface area contributed by atoms with Crippen LogP contribution in [0.2, 0.25) is 0 Å². The first-order chi connectivity index (χ1) is 42.3. The van der Waals surface area contributed by atoms with Crippen LogP contribution >= 0.6 is 0 Å². The number of aromatic nitrogens is 3. The number of aromatic amines is 3. The molecule has 0 aliphatic carbocycles. The second-order valence-electron chi connectivity index (χ2n) is 23.5. The number of benzene rings is 6. The second-order valence-corrected chi connectivity index (χ2v) is 23.5. The summed E-state index contributed by atoms with van der Waals surface area (Å²) in [5.74, 6) is -3.68. The molecule has 18 nitrogen and oxygen atoms in total. The molecular formula is C70H82N12O6. The van der Waals surface area contributed by atoms with Crippen LogP contribution in [-0.4, -0.2) is 86.3 Å². The number of nitrogens with two attached hydrogens (primary N) is 6. The lowest BCUT2D eigenvalue weighted by molar-refractivity contribution is -0.134. The minimum Gasteiger partial charge on any atom is -0.361 e. The molecule has 18 heteroatoms. The zero-order chi connectivity index (χ0) is 62.8. The van der Waals surface area contributed by atoms with Gasteiger partial charge in [-0.25, -0.2) is 0 Å². The fourth-order valence-electron chi connectivity index (χ4n) is 12.1. The summed E-state index contributed by atoms with van der Waals surface area (Å²) in [6.45, 7) is 7.05. The van der Waals surface area contributed by atoms with E-state index in [1.807, 2.05) is 112 Å². The summed E-state index contributed by atoms with van der Waals surface area (Å²) in [4.78, 5) is 95.7. The minimum atomic E-state index is -1.87. The van der Waals surface area contributed by atoms with Gasteiger partial charge in [0.05, 0.1) is 0 Å². The Morgan fingerprint density at radius 2 is 0.648 bits per heavy atom. The van der Waals surface area contributed by atoms with E-state index >= 15 is 0 Å². The molecular weight excluding hydrogens is 1100 g/mol. The number of anilines is 3. The number of rotatable bonds is 30. The third-order valence-electron chi connectivity index (χ3n) is 17.3. The van der Waals surface area contributed by atoms with Crippen molar-refractivity contribution in [2.45, 2.75) is 120 Å². The van der Waals surface area contributed by atoms with E-state index < -0.39 is 57.6 Å². The number of H-pyrrole nitrogens is 3. The smallest absolute Gasteiger partial charge is 0.252 e. The number of unbranched alkanes of at least 4 members (excludes halogenated alkanes) is 3. The van der Waals surface area contributed by atoms with Crippen molar-refractivity contribution < 1.29 is 28.8 Å². The third-order valence-corrected chi connectivity index (χ3v) is 17.3. The lowest BCUT2D eigenvalue weighted by atomic mass is 9.83. The summed E-state index contributed by atoms with van der Waals surface area (Å²) in [7, 11) is 0. The average Bonchev–Trinajstić information content (AvgIpc) is 2.42. The number of fused-ring (bicyclic) bond motifs is 3. The van der Waals surface area contributed by atoms with E-state index in [-0.39, 0.29) is 38.5 Å². The average molecular weight is 1190 g/mol. The number of carbonyl (C=O) groups is 6. The van der Waals surface area contributed by atoms with Gasteiger partial charge in [0.25, 0.3) is 17.7 Å². The number of aryl methyl sites for hydroxylation is 3. The molecule has 0 aliphatic heterocycles. The van der Waals surface area contributed by atoms with E-state index in [0.717, 1.165) is 82.8 Å². The molecule has 3 amide bonds. The highest BCUT2D eigenvalue weighted by molar-refractivity contribution is 6.18. The number of nitrogens with one attached hydrogen (secondary N) is 6. The van der Waals surface area contributed by atoms with Crippen LogP contribution in [0.4, 0.5) is 17.1 Å². The fourth-order valence-corrected chi connectivity index (χ4v) is 12.1. The summed E-state index contributed by atoms with van der Waals surface area (Å²) in [6, 6.07) is 39.2. The number of carbonyl (C=O) groups excluding carboxylic acids is 6. The van der Waals surface area contributed by atoms with Gasteiger partial charge in [0, 0.05) is 93.5 Å².